The molecular formula is C40H52N6O5. The Kier molecular flexibility index (Phi) is 13.6. The number of aryl methyl sites for hydroxylation is 1. The Morgan fingerprint density at radius 3 is 2.27 bits per heavy atom. The summed E-state index contributed by atoms with van der Waals surface area (Å²) in [6.07, 6.45) is 4.67. The second kappa shape index (κ2) is 18.5. The molecule has 0 spiro atoms. The Labute approximate surface area is 301 Å². The van der Waals surface area contributed by atoms with E-state index in [1.807, 2.05) is 97.9 Å². The Morgan fingerprint density at radius 1 is 0.882 bits per heavy atom. The molecule has 4 atom stereocenters. The zero-order chi connectivity index (χ0) is 36.2. The van der Waals surface area contributed by atoms with Gasteiger partial charge in [-0.05, 0) is 94.3 Å². The highest BCUT2D eigenvalue weighted by molar-refractivity contribution is 5.94. The van der Waals surface area contributed by atoms with E-state index in [9.17, 15) is 19.2 Å². The molecule has 0 aromatic heterocycles. The van der Waals surface area contributed by atoms with Gasteiger partial charge in [-0.1, -0.05) is 61.0 Å². The highest BCUT2D eigenvalue weighted by Gasteiger charge is 2.31. The third-order valence-corrected chi connectivity index (χ3v) is 9.61. The summed E-state index contributed by atoms with van der Waals surface area (Å²) in [7, 11) is 5.83. The maximum Gasteiger partial charge on any atom is 0.243 e. The van der Waals surface area contributed by atoms with Crippen molar-refractivity contribution in [2.75, 3.05) is 40.8 Å². The van der Waals surface area contributed by atoms with Crippen LogP contribution in [0.4, 0.5) is 0 Å². The van der Waals surface area contributed by atoms with Gasteiger partial charge in [-0.3, -0.25) is 19.2 Å². The number of nitrogens with one attached hydrogen (secondary N) is 4. The van der Waals surface area contributed by atoms with Gasteiger partial charge >= 0.3 is 0 Å². The summed E-state index contributed by atoms with van der Waals surface area (Å²) in [5.41, 5.74) is 2.62. The zero-order valence-electron chi connectivity index (χ0n) is 30.0. The van der Waals surface area contributed by atoms with Crippen molar-refractivity contribution < 1.29 is 23.9 Å². The summed E-state index contributed by atoms with van der Waals surface area (Å²) in [4.78, 5) is 59.3. The Balaban J connectivity index is 1.46. The van der Waals surface area contributed by atoms with E-state index in [2.05, 4.69) is 33.2 Å². The van der Waals surface area contributed by atoms with Crippen LogP contribution in [0.3, 0.4) is 0 Å². The molecule has 1 unspecified atom stereocenters. The predicted octanol–water partition coefficient (Wildman–Crippen LogP) is 3.22. The number of ether oxygens (including phenoxy) is 1. The normalized spacial score (nSPS) is 21.6. The van der Waals surface area contributed by atoms with Crippen molar-refractivity contribution in [3.05, 3.63) is 95.6 Å². The molecule has 1 saturated heterocycles. The van der Waals surface area contributed by atoms with Gasteiger partial charge in [0.05, 0.1) is 0 Å². The van der Waals surface area contributed by atoms with Crippen LogP contribution in [0.5, 0.6) is 11.5 Å². The minimum atomic E-state index is -0.965. The number of nitrogens with zero attached hydrogens (tertiary/aromatic N) is 2. The van der Waals surface area contributed by atoms with Crippen LogP contribution >= 0.6 is 0 Å². The first-order valence-corrected chi connectivity index (χ1v) is 18.1. The first kappa shape index (κ1) is 37.5. The Morgan fingerprint density at radius 2 is 1.59 bits per heavy atom. The topological polar surface area (TPSA) is 132 Å². The minimum Gasteiger partial charge on any atom is -0.457 e. The van der Waals surface area contributed by atoms with E-state index in [0.29, 0.717) is 37.4 Å². The molecule has 0 saturated carbocycles. The summed E-state index contributed by atoms with van der Waals surface area (Å²) >= 11 is 0. The predicted molar refractivity (Wildman–Crippen MR) is 197 cm³/mol. The van der Waals surface area contributed by atoms with Crippen molar-refractivity contribution >= 4 is 23.6 Å². The van der Waals surface area contributed by atoms with Crippen LogP contribution in [-0.2, 0) is 38.4 Å². The first-order valence-electron chi connectivity index (χ1n) is 18.1. The minimum absolute atomic E-state index is 0.185. The van der Waals surface area contributed by atoms with E-state index in [-0.39, 0.29) is 37.1 Å². The number of likely N-dealkylation sites (N-methyl/N-ethyl adjacent to an activating group) is 1. The van der Waals surface area contributed by atoms with Crippen molar-refractivity contribution in [3.8, 4) is 11.5 Å². The number of hydrogen-bond acceptors (Lipinski definition) is 7. The largest absolute Gasteiger partial charge is 0.457 e. The number of fused-ring (bicyclic) bond motifs is 4. The molecule has 11 nitrogen and oxygen atoms in total. The second-order valence-corrected chi connectivity index (χ2v) is 14.0. The van der Waals surface area contributed by atoms with Gasteiger partial charge in [0.1, 0.15) is 29.6 Å². The Hall–Kier alpha value is -4.74. The molecule has 1 fully saturated rings. The van der Waals surface area contributed by atoms with E-state index in [1.54, 1.807) is 0 Å². The van der Waals surface area contributed by atoms with E-state index in [0.717, 1.165) is 42.5 Å². The number of benzene rings is 3. The fourth-order valence-electron chi connectivity index (χ4n) is 6.60. The highest BCUT2D eigenvalue weighted by atomic mass is 16.5. The monoisotopic (exact) mass is 696 g/mol. The quantitative estimate of drug-likeness (QED) is 0.256. The van der Waals surface area contributed by atoms with Gasteiger partial charge in [0.25, 0.3) is 0 Å². The van der Waals surface area contributed by atoms with Crippen LogP contribution in [0.1, 0.15) is 48.8 Å². The molecule has 11 heteroatoms. The Bertz CT molecular complexity index is 1630. The lowest BCUT2D eigenvalue weighted by molar-refractivity contribution is -0.134. The summed E-state index contributed by atoms with van der Waals surface area (Å²) in [5, 5.41) is 12.0. The molecule has 2 aliphatic rings. The molecule has 272 valence electrons. The lowest BCUT2D eigenvalue weighted by atomic mass is 10.00. The molecule has 51 heavy (non-hydrogen) atoms. The van der Waals surface area contributed by atoms with E-state index < -0.39 is 29.9 Å². The van der Waals surface area contributed by atoms with Gasteiger partial charge in [-0.25, -0.2) is 0 Å². The van der Waals surface area contributed by atoms with Gasteiger partial charge < -0.3 is 35.8 Å². The number of likely N-dealkylation sites (tertiary alicyclic amines) is 1. The van der Waals surface area contributed by atoms with Crippen LogP contribution in [0.25, 0.3) is 0 Å². The molecular weight excluding hydrogens is 644 g/mol. The van der Waals surface area contributed by atoms with E-state index in [1.165, 1.54) is 0 Å². The summed E-state index contributed by atoms with van der Waals surface area (Å²) < 4.78 is 6.23. The van der Waals surface area contributed by atoms with Gasteiger partial charge in [-0.15, -0.1) is 0 Å². The van der Waals surface area contributed by atoms with Crippen LogP contribution in [0, 0.1) is 0 Å². The molecule has 2 aliphatic heterocycles. The number of piperidine rings is 1. The third-order valence-electron chi connectivity index (χ3n) is 9.61. The highest BCUT2D eigenvalue weighted by Crippen LogP contribution is 2.25. The number of hydrogen-bond donors (Lipinski definition) is 4. The maximum atomic E-state index is 14.2. The molecule has 3 aromatic rings. The smallest absolute Gasteiger partial charge is 0.243 e. The molecule has 5 rings (SSSR count). The van der Waals surface area contributed by atoms with Crippen molar-refractivity contribution in [2.45, 2.75) is 75.5 Å². The van der Waals surface area contributed by atoms with Crippen molar-refractivity contribution in [1.82, 2.24) is 31.1 Å². The number of rotatable bonds is 10. The van der Waals surface area contributed by atoms with E-state index in [4.69, 9.17) is 4.74 Å². The second-order valence-electron chi connectivity index (χ2n) is 14.0. The van der Waals surface area contributed by atoms with Gasteiger partial charge in [0.2, 0.25) is 23.6 Å². The first-order chi connectivity index (χ1) is 24.6. The fourth-order valence-corrected chi connectivity index (χ4v) is 6.60. The van der Waals surface area contributed by atoms with Crippen LogP contribution in [0.15, 0.2) is 78.9 Å². The zero-order valence-corrected chi connectivity index (χ0v) is 30.0. The van der Waals surface area contributed by atoms with Crippen LogP contribution < -0.4 is 26.0 Å². The van der Waals surface area contributed by atoms with E-state index >= 15 is 0 Å². The summed E-state index contributed by atoms with van der Waals surface area (Å²) in [6.45, 7) is 1.98. The summed E-state index contributed by atoms with van der Waals surface area (Å²) in [5.74, 6) is -0.345. The molecule has 2 heterocycles. The standard InChI is InChI=1S/C40H52N6O5/c1-45(2)22-20-37(47)42-36-26-30-14-10-17-33(24-30)51-32-16-9-13-29(23-32)25-35(38(48)41-27-31-15-7-8-21-46(31)3)44-39(49)34(43-40(36)50)19-18-28-11-5-4-6-12-28/h4-6,9-14,16-17,23-24,31,34-36H,7-8,15,18-22,25-27H2,1-3H3,(H,41,48)(H,42,47)(H,43,50)(H,44,49)/t31?,34-,35-,36-/m0/s1. The number of carbonyl (C=O) groups excluding carboxylic acids is 4. The number of amides is 4. The van der Waals surface area contributed by atoms with Crippen molar-refractivity contribution in [1.29, 1.82) is 0 Å². The van der Waals surface area contributed by atoms with Crippen molar-refractivity contribution in [2.24, 2.45) is 0 Å². The van der Waals surface area contributed by atoms with Gasteiger partial charge in [0, 0.05) is 38.4 Å². The van der Waals surface area contributed by atoms with Crippen LogP contribution in [-0.4, -0.2) is 98.4 Å². The van der Waals surface area contributed by atoms with Crippen molar-refractivity contribution in [3.63, 3.8) is 0 Å². The molecule has 0 radical (unpaired) electrons. The fraction of sp³-hybridized carbons (Fsp3) is 0.450. The lowest BCUT2D eigenvalue weighted by Gasteiger charge is -2.33. The van der Waals surface area contributed by atoms with Crippen LogP contribution in [0.2, 0.25) is 0 Å². The SMILES string of the molecule is CN(C)CCC(=O)N[C@H]1Cc2cccc(c2)Oc2cccc(c2)C[C@@H](C(=O)NCC2CCCCN2C)NC(=O)[C@H](CCc2ccccc2)NC1=O. The molecule has 0 aliphatic carbocycles. The molecule has 4 bridgehead atoms. The van der Waals surface area contributed by atoms with Gasteiger partial charge in [-0.2, -0.15) is 0 Å². The number of carbonyl (C=O) groups is 4. The average molecular weight is 697 g/mol. The molecule has 3 aromatic carbocycles. The third kappa shape index (κ3) is 11.7. The lowest BCUT2D eigenvalue weighted by Crippen LogP contribution is -2.58. The average Bonchev–Trinajstić information content (AvgIpc) is 3.11. The molecule has 4 amide bonds. The maximum absolute atomic E-state index is 14.2. The summed E-state index contributed by atoms with van der Waals surface area (Å²) in [6, 6.07) is 22.1. The molecule has 4 N–H and O–H groups in total. The van der Waals surface area contributed by atoms with Gasteiger partial charge in [0.15, 0.2) is 0 Å².